The summed E-state index contributed by atoms with van der Waals surface area (Å²) in [5.41, 5.74) is 0.959. The first-order valence-corrected chi connectivity index (χ1v) is 11.0. The van der Waals surface area contributed by atoms with Gasteiger partial charge in [0.15, 0.2) is 12.4 Å². The first-order valence-electron chi connectivity index (χ1n) is 11.0. The van der Waals surface area contributed by atoms with Gasteiger partial charge in [0.1, 0.15) is 11.4 Å². The molecule has 2 amide bonds. The number of pyridine rings is 1. The highest BCUT2D eigenvalue weighted by molar-refractivity contribution is 6.44. The van der Waals surface area contributed by atoms with Gasteiger partial charge in [-0.3, -0.25) is 24.4 Å². The third-order valence-corrected chi connectivity index (χ3v) is 5.47. The lowest BCUT2D eigenvalue weighted by Gasteiger charge is -2.16. The second-order valence-corrected chi connectivity index (χ2v) is 8.45. The van der Waals surface area contributed by atoms with Crippen LogP contribution in [-0.4, -0.2) is 33.0 Å². The van der Waals surface area contributed by atoms with Crippen LogP contribution < -0.4 is 10.1 Å². The van der Waals surface area contributed by atoms with Crippen LogP contribution in [0.1, 0.15) is 38.4 Å². The molecule has 0 saturated carbocycles. The van der Waals surface area contributed by atoms with Crippen molar-refractivity contribution in [2.45, 2.75) is 33.6 Å². The van der Waals surface area contributed by atoms with Gasteiger partial charge in [0, 0.05) is 24.4 Å². The molecule has 8 heteroatoms. The number of rotatable bonds is 7. The Morgan fingerprint density at radius 1 is 1.00 bits per heavy atom. The molecule has 3 aromatic rings. The fourth-order valence-electron chi connectivity index (χ4n) is 4.05. The topological polar surface area (TPSA) is 79.1 Å². The molecule has 1 aliphatic heterocycles. The van der Waals surface area contributed by atoms with E-state index < -0.39 is 23.2 Å². The highest BCUT2D eigenvalue weighted by atomic mass is 19.1. The molecule has 0 unspecified atom stereocenters. The maximum absolute atomic E-state index is 13.6. The first kappa shape index (κ1) is 22.4. The van der Waals surface area contributed by atoms with Gasteiger partial charge in [-0.05, 0) is 36.6 Å². The minimum Gasteiger partial charge on any atom is -0.294 e. The number of halogens is 1. The Morgan fingerprint density at radius 3 is 2.27 bits per heavy atom. The van der Waals surface area contributed by atoms with Crippen molar-refractivity contribution in [3.05, 3.63) is 82.3 Å². The summed E-state index contributed by atoms with van der Waals surface area (Å²) >= 11 is 0. The molecule has 0 saturated heterocycles. The van der Waals surface area contributed by atoms with Gasteiger partial charge in [0.2, 0.25) is 0 Å². The molecule has 0 atom stereocenters. The number of nitrogens with one attached hydrogen (secondary N) is 1. The molecule has 0 radical (unpaired) electrons. The molecular weight excluding hydrogens is 423 g/mol. The number of carbonyl (C=O) groups is 2. The van der Waals surface area contributed by atoms with Gasteiger partial charge < -0.3 is 0 Å². The van der Waals surface area contributed by atoms with E-state index in [-0.39, 0.29) is 29.3 Å². The average Bonchev–Trinajstić information content (AvgIpc) is 3.23. The van der Waals surface area contributed by atoms with Crippen molar-refractivity contribution in [1.29, 1.82) is 0 Å². The number of aromatic nitrogens is 3. The van der Waals surface area contributed by atoms with E-state index in [1.54, 1.807) is 29.1 Å². The van der Waals surface area contributed by atoms with Crippen LogP contribution in [0.5, 0.6) is 0 Å². The summed E-state index contributed by atoms with van der Waals surface area (Å²) in [6.45, 7) is 6.06. The summed E-state index contributed by atoms with van der Waals surface area (Å²) in [7, 11) is 0. The highest BCUT2D eigenvalue weighted by Gasteiger charge is 2.47. The zero-order valence-electron chi connectivity index (χ0n) is 18.8. The van der Waals surface area contributed by atoms with Gasteiger partial charge in [-0.1, -0.05) is 33.3 Å². The molecule has 3 heterocycles. The molecule has 1 N–H and O–H groups in total. The van der Waals surface area contributed by atoms with Crippen LogP contribution in [0.3, 0.4) is 0 Å². The SMILES string of the molecule is CCCc1[nH]n(-c2ccc(F)cc2)c(=O)c1C1=C([n+]2ccccc2)C(=O)N(CC(C)C)C1=O. The van der Waals surface area contributed by atoms with Gasteiger partial charge in [0.05, 0.1) is 11.3 Å². The zero-order chi connectivity index (χ0) is 23.7. The predicted octanol–water partition coefficient (Wildman–Crippen LogP) is 2.94. The quantitative estimate of drug-likeness (QED) is 0.445. The molecule has 0 bridgehead atoms. The number of H-pyrrole nitrogens is 1. The Bertz CT molecular complexity index is 1290. The highest BCUT2D eigenvalue weighted by Crippen LogP contribution is 2.31. The van der Waals surface area contributed by atoms with Crippen molar-refractivity contribution in [2.75, 3.05) is 6.54 Å². The molecule has 2 aromatic heterocycles. The Labute approximate surface area is 190 Å². The predicted molar refractivity (Wildman–Crippen MR) is 122 cm³/mol. The fraction of sp³-hybridized carbons (Fsp3) is 0.280. The second kappa shape index (κ2) is 8.97. The third kappa shape index (κ3) is 4.04. The Hall–Kier alpha value is -3.81. The number of aryl methyl sites for hydroxylation is 1. The van der Waals surface area contributed by atoms with E-state index in [2.05, 4.69) is 5.10 Å². The van der Waals surface area contributed by atoms with E-state index in [0.29, 0.717) is 17.8 Å². The molecule has 7 nitrogen and oxygen atoms in total. The van der Waals surface area contributed by atoms with E-state index in [9.17, 15) is 18.8 Å². The van der Waals surface area contributed by atoms with Crippen molar-refractivity contribution >= 4 is 23.1 Å². The summed E-state index contributed by atoms with van der Waals surface area (Å²) in [5, 5.41) is 3.08. The van der Waals surface area contributed by atoms with Crippen molar-refractivity contribution < 1.29 is 18.5 Å². The Kier molecular flexibility index (Phi) is 6.09. The second-order valence-electron chi connectivity index (χ2n) is 8.45. The Morgan fingerprint density at radius 2 is 1.67 bits per heavy atom. The minimum absolute atomic E-state index is 0.0662. The summed E-state index contributed by atoms with van der Waals surface area (Å²) in [6.07, 6.45) is 4.59. The van der Waals surface area contributed by atoms with Gasteiger partial charge in [-0.15, -0.1) is 0 Å². The molecule has 4 rings (SSSR count). The number of nitrogens with zero attached hydrogens (tertiary/aromatic N) is 3. The number of imide groups is 1. The van der Waals surface area contributed by atoms with Crippen LogP contribution in [0.25, 0.3) is 17.0 Å². The molecule has 0 aliphatic carbocycles. The smallest absolute Gasteiger partial charge is 0.294 e. The van der Waals surface area contributed by atoms with Gasteiger partial charge in [-0.2, -0.15) is 4.57 Å². The third-order valence-electron chi connectivity index (χ3n) is 5.47. The maximum atomic E-state index is 13.6. The standard InChI is InChI=1S/C25H25FN4O3/c1-4-8-19-20(24(32)30(27-19)18-11-9-17(26)10-12-18)21-22(28-13-6-5-7-14-28)25(33)29(23(21)31)15-16(2)3/h5-7,9-14,16H,4,8,15H2,1-3H3/p+1. The summed E-state index contributed by atoms with van der Waals surface area (Å²) in [5.74, 6) is -1.27. The maximum Gasteiger partial charge on any atom is 0.326 e. The number of hydrogen-bond donors (Lipinski definition) is 1. The number of aromatic amines is 1. The lowest BCUT2D eigenvalue weighted by Crippen LogP contribution is -2.40. The number of benzene rings is 1. The summed E-state index contributed by atoms with van der Waals surface area (Å²) < 4.78 is 16.3. The zero-order valence-corrected chi connectivity index (χ0v) is 18.8. The lowest BCUT2D eigenvalue weighted by atomic mass is 10.0. The van der Waals surface area contributed by atoms with E-state index in [4.69, 9.17) is 0 Å². The molecule has 33 heavy (non-hydrogen) atoms. The molecule has 1 aromatic carbocycles. The largest absolute Gasteiger partial charge is 0.326 e. The van der Waals surface area contributed by atoms with Crippen LogP contribution in [-0.2, 0) is 16.0 Å². The van der Waals surface area contributed by atoms with E-state index >= 15 is 0 Å². The monoisotopic (exact) mass is 449 g/mol. The van der Waals surface area contributed by atoms with Crippen molar-refractivity contribution in [3.63, 3.8) is 0 Å². The molecule has 0 spiro atoms. The van der Waals surface area contributed by atoms with Crippen molar-refractivity contribution in [1.82, 2.24) is 14.7 Å². The van der Waals surface area contributed by atoms with E-state index in [1.807, 2.05) is 26.8 Å². The van der Waals surface area contributed by atoms with Gasteiger partial charge in [-0.25, -0.2) is 9.07 Å². The number of amides is 2. The lowest BCUT2D eigenvalue weighted by molar-refractivity contribution is -0.576. The van der Waals surface area contributed by atoms with Crippen LogP contribution in [0.15, 0.2) is 59.7 Å². The normalized spacial score (nSPS) is 14.2. The molecular formula is C25H26FN4O3+. The summed E-state index contributed by atoms with van der Waals surface area (Å²) in [6, 6.07) is 10.8. The van der Waals surface area contributed by atoms with Gasteiger partial charge >= 0.3 is 5.91 Å². The molecule has 170 valence electrons. The van der Waals surface area contributed by atoms with Crippen LogP contribution in [0.2, 0.25) is 0 Å². The van der Waals surface area contributed by atoms with Crippen LogP contribution >= 0.6 is 0 Å². The van der Waals surface area contributed by atoms with Crippen LogP contribution in [0.4, 0.5) is 4.39 Å². The molecule has 1 aliphatic rings. The number of carbonyl (C=O) groups excluding carboxylic acids is 2. The van der Waals surface area contributed by atoms with Crippen molar-refractivity contribution in [2.24, 2.45) is 5.92 Å². The van der Waals surface area contributed by atoms with E-state index in [1.165, 1.54) is 33.8 Å². The first-order chi connectivity index (χ1) is 15.8. The van der Waals surface area contributed by atoms with E-state index in [0.717, 1.165) is 6.42 Å². The molecule has 0 fully saturated rings. The Balaban J connectivity index is 1.98. The minimum atomic E-state index is -0.486. The summed E-state index contributed by atoms with van der Waals surface area (Å²) in [4.78, 5) is 41.8. The van der Waals surface area contributed by atoms with Crippen molar-refractivity contribution in [3.8, 4) is 5.69 Å². The fourth-order valence-corrected chi connectivity index (χ4v) is 4.05. The van der Waals surface area contributed by atoms with Crippen LogP contribution in [0, 0.1) is 11.7 Å². The average molecular weight is 450 g/mol. The van der Waals surface area contributed by atoms with Gasteiger partial charge in [0.25, 0.3) is 17.2 Å². The number of hydrogen-bond acceptors (Lipinski definition) is 3.